The molecule has 144 valence electrons. The molecule has 3 rings (SSSR count). The van der Waals surface area contributed by atoms with Crippen molar-refractivity contribution in [1.29, 1.82) is 0 Å². The molecule has 0 bridgehead atoms. The fraction of sp³-hybridized carbons (Fsp3) is 0.261. The van der Waals surface area contributed by atoms with Crippen molar-refractivity contribution >= 4 is 11.6 Å². The molecule has 0 aliphatic carbocycles. The number of carbonyl (C=O) groups is 1. The predicted molar refractivity (Wildman–Crippen MR) is 112 cm³/mol. The van der Waals surface area contributed by atoms with E-state index in [1.165, 1.54) is 0 Å². The molecule has 5 nitrogen and oxygen atoms in total. The van der Waals surface area contributed by atoms with Crippen LogP contribution >= 0.6 is 0 Å². The third kappa shape index (κ3) is 5.64. The van der Waals surface area contributed by atoms with Crippen LogP contribution in [0.2, 0.25) is 0 Å². The highest BCUT2D eigenvalue weighted by atomic mass is 16.1. The molecule has 0 atom stereocenters. The number of benzene rings is 1. The van der Waals surface area contributed by atoms with Crippen LogP contribution in [-0.2, 0) is 13.0 Å². The number of pyridine rings is 2. The first-order chi connectivity index (χ1) is 13.7. The molecule has 0 saturated heterocycles. The highest BCUT2D eigenvalue weighted by Gasteiger charge is 2.11. The largest absolute Gasteiger partial charge is 0.379 e. The highest BCUT2D eigenvalue weighted by Crippen LogP contribution is 2.19. The molecule has 2 heterocycles. The Bertz CT molecular complexity index is 882. The fourth-order valence-corrected chi connectivity index (χ4v) is 3.04. The Labute approximate surface area is 166 Å². The second-order valence-corrected chi connectivity index (χ2v) is 6.69. The number of unbranched alkanes of at least 4 members (excludes halogenated alkanes) is 1. The second kappa shape index (κ2) is 10.2. The first-order valence-corrected chi connectivity index (χ1v) is 9.65. The number of nitrogens with one attached hydrogen (secondary N) is 2. The van der Waals surface area contributed by atoms with Crippen LogP contribution in [0.15, 0.2) is 67.0 Å². The van der Waals surface area contributed by atoms with Gasteiger partial charge in [-0.2, -0.15) is 0 Å². The topological polar surface area (TPSA) is 66.9 Å². The first kappa shape index (κ1) is 19.5. The van der Waals surface area contributed by atoms with Gasteiger partial charge in [-0.25, -0.2) is 0 Å². The van der Waals surface area contributed by atoms with E-state index in [2.05, 4.69) is 20.6 Å². The Balaban J connectivity index is 1.48. The Morgan fingerprint density at radius 2 is 1.64 bits per heavy atom. The molecule has 2 aromatic heterocycles. The van der Waals surface area contributed by atoms with E-state index in [-0.39, 0.29) is 5.91 Å². The van der Waals surface area contributed by atoms with Gasteiger partial charge in [-0.15, -0.1) is 0 Å². The van der Waals surface area contributed by atoms with Crippen molar-refractivity contribution in [2.45, 2.75) is 32.7 Å². The van der Waals surface area contributed by atoms with E-state index < -0.39 is 0 Å². The summed E-state index contributed by atoms with van der Waals surface area (Å²) in [4.78, 5) is 21.2. The molecular formula is C23H26N4O. The lowest BCUT2D eigenvalue weighted by Crippen LogP contribution is -2.25. The maximum atomic E-state index is 12.6. The van der Waals surface area contributed by atoms with Crippen molar-refractivity contribution in [3.8, 4) is 0 Å². The Hall–Kier alpha value is -3.21. The summed E-state index contributed by atoms with van der Waals surface area (Å²) in [7, 11) is 0. The van der Waals surface area contributed by atoms with Gasteiger partial charge < -0.3 is 10.6 Å². The van der Waals surface area contributed by atoms with Gasteiger partial charge in [0.15, 0.2) is 0 Å². The molecule has 0 spiro atoms. The zero-order valence-electron chi connectivity index (χ0n) is 16.2. The molecule has 0 radical (unpaired) electrons. The average molecular weight is 374 g/mol. The highest BCUT2D eigenvalue weighted by molar-refractivity contribution is 5.97. The summed E-state index contributed by atoms with van der Waals surface area (Å²) in [5.41, 5.74) is 4.66. The molecule has 0 aliphatic heterocycles. The molecule has 0 unspecified atom stereocenters. The van der Waals surface area contributed by atoms with Gasteiger partial charge in [-0.05, 0) is 68.1 Å². The van der Waals surface area contributed by atoms with Gasteiger partial charge in [-0.1, -0.05) is 18.2 Å². The van der Waals surface area contributed by atoms with E-state index >= 15 is 0 Å². The van der Waals surface area contributed by atoms with Crippen molar-refractivity contribution < 1.29 is 4.79 Å². The summed E-state index contributed by atoms with van der Waals surface area (Å²) in [6.45, 7) is 3.26. The van der Waals surface area contributed by atoms with E-state index in [9.17, 15) is 4.79 Å². The Kier molecular flexibility index (Phi) is 7.13. The van der Waals surface area contributed by atoms with Crippen LogP contribution in [0, 0.1) is 6.92 Å². The number of hydrogen-bond donors (Lipinski definition) is 2. The van der Waals surface area contributed by atoms with Gasteiger partial charge in [0.05, 0.1) is 12.2 Å². The summed E-state index contributed by atoms with van der Waals surface area (Å²) in [5.74, 6) is -0.0307. The summed E-state index contributed by atoms with van der Waals surface area (Å²) in [6, 6.07) is 17.6. The van der Waals surface area contributed by atoms with Gasteiger partial charge in [0.25, 0.3) is 5.91 Å². The number of amides is 1. The quantitative estimate of drug-likeness (QED) is 0.552. The zero-order chi connectivity index (χ0) is 19.6. The molecule has 2 N–H and O–H groups in total. The van der Waals surface area contributed by atoms with Crippen molar-refractivity contribution in [2.75, 3.05) is 11.9 Å². The number of anilines is 1. The third-order valence-electron chi connectivity index (χ3n) is 4.64. The fourth-order valence-electron chi connectivity index (χ4n) is 3.04. The molecule has 28 heavy (non-hydrogen) atoms. The average Bonchev–Trinajstić information content (AvgIpc) is 2.74. The number of aromatic nitrogens is 2. The smallest absolute Gasteiger partial charge is 0.251 e. The number of nitrogens with zero attached hydrogens (tertiary/aromatic N) is 2. The standard InChI is InChI=1S/C23H26N4O/c1-18-21(12-8-13-22(18)27-17-20-11-4-6-15-25-20)23(28)26-16-7-3-10-19-9-2-5-14-24-19/h2,4-6,8-9,11-15,27H,3,7,10,16-17H2,1H3,(H,26,28). The van der Waals surface area contributed by atoms with Gasteiger partial charge in [0.1, 0.15) is 0 Å². The van der Waals surface area contributed by atoms with Gasteiger partial charge >= 0.3 is 0 Å². The monoisotopic (exact) mass is 374 g/mol. The SMILES string of the molecule is Cc1c(NCc2ccccn2)cccc1C(=O)NCCCCc1ccccn1. The number of aryl methyl sites for hydroxylation is 1. The lowest BCUT2D eigenvalue weighted by molar-refractivity contribution is 0.0952. The van der Waals surface area contributed by atoms with Crippen LogP contribution in [0.3, 0.4) is 0 Å². The van der Waals surface area contributed by atoms with E-state index in [0.29, 0.717) is 18.7 Å². The molecule has 1 aromatic carbocycles. The van der Waals surface area contributed by atoms with Gasteiger partial charge in [0, 0.05) is 35.9 Å². The minimum atomic E-state index is -0.0307. The molecule has 1 amide bonds. The summed E-state index contributed by atoms with van der Waals surface area (Å²) in [6.07, 6.45) is 6.46. The predicted octanol–water partition coefficient (Wildman–Crippen LogP) is 4.15. The lowest BCUT2D eigenvalue weighted by Gasteiger charge is -2.13. The molecule has 0 saturated carbocycles. The number of rotatable bonds is 9. The molecule has 3 aromatic rings. The number of carbonyl (C=O) groups excluding carboxylic acids is 1. The maximum absolute atomic E-state index is 12.6. The first-order valence-electron chi connectivity index (χ1n) is 9.65. The molecule has 0 fully saturated rings. The van der Waals surface area contributed by atoms with E-state index in [4.69, 9.17) is 0 Å². The van der Waals surface area contributed by atoms with Crippen LogP contribution < -0.4 is 10.6 Å². The van der Waals surface area contributed by atoms with E-state index in [1.54, 1.807) is 6.20 Å². The molecular weight excluding hydrogens is 348 g/mol. The maximum Gasteiger partial charge on any atom is 0.251 e. The number of hydrogen-bond acceptors (Lipinski definition) is 4. The molecule has 5 heteroatoms. The second-order valence-electron chi connectivity index (χ2n) is 6.69. The summed E-state index contributed by atoms with van der Waals surface area (Å²) in [5, 5.41) is 6.40. The summed E-state index contributed by atoms with van der Waals surface area (Å²) >= 11 is 0. The van der Waals surface area contributed by atoms with E-state index in [1.807, 2.05) is 67.7 Å². The third-order valence-corrected chi connectivity index (χ3v) is 4.64. The van der Waals surface area contributed by atoms with Gasteiger partial charge in [-0.3, -0.25) is 14.8 Å². The van der Waals surface area contributed by atoms with Crippen LogP contribution in [0.4, 0.5) is 5.69 Å². The normalized spacial score (nSPS) is 10.5. The summed E-state index contributed by atoms with van der Waals surface area (Å²) < 4.78 is 0. The van der Waals surface area contributed by atoms with Crippen LogP contribution in [0.1, 0.15) is 40.2 Å². The minimum Gasteiger partial charge on any atom is -0.379 e. The van der Waals surface area contributed by atoms with Crippen molar-refractivity contribution in [3.05, 3.63) is 89.5 Å². The van der Waals surface area contributed by atoms with Crippen molar-refractivity contribution in [1.82, 2.24) is 15.3 Å². The van der Waals surface area contributed by atoms with Crippen LogP contribution in [-0.4, -0.2) is 22.4 Å². The Morgan fingerprint density at radius 1 is 0.893 bits per heavy atom. The van der Waals surface area contributed by atoms with Crippen molar-refractivity contribution in [3.63, 3.8) is 0 Å². The van der Waals surface area contributed by atoms with E-state index in [0.717, 1.165) is 41.9 Å². The van der Waals surface area contributed by atoms with Crippen molar-refractivity contribution in [2.24, 2.45) is 0 Å². The van der Waals surface area contributed by atoms with Gasteiger partial charge in [0.2, 0.25) is 0 Å². The Morgan fingerprint density at radius 3 is 2.36 bits per heavy atom. The zero-order valence-corrected chi connectivity index (χ0v) is 16.2. The minimum absolute atomic E-state index is 0.0307. The van der Waals surface area contributed by atoms with Crippen LogP contribution in [0.5, 0.6) is 0 Å². The van der Waals surface area contributed by atoms with Crippen LogP contribution in [0.25, 0.3) is 0 Å². The molecule has 0 aliphatic rings. The lowest BCUT2D eigenvalue weighted by atomic mass is 10.1.